The predicted octanol–water partition coefficient (Wildman–Crippen LogP) is 2.17. The standard InChI is InChI=1S/C13H13NO5/c1-2-7-14-9-6-4-3-5-8(9)10(15)11(12(14)16)19-13(17)18/h3-6,15H,2,7H2,1H3,(H,17,18). The molecule has 19 heavy (non-hydrogen) atoms. The molecule has 2 aromatic rings. The van der Waals surface area contributed by atoms with Crippen molar-refractivity contribution in [1.82, 2.24) is 4.57 Å². The van der Waals surface area contributed by atoms with Crippen LogP contribution < -0.4 is 10.3 Å². The number of hydrogen-bond acceptors (Lipinski definition) is 4. The second-order valence-electron chi connectivity index (χ2n) is 4.02. The number of carboxylic acid groups (broad SMARTS) is 1. The minimum Gasteiger partial charge on any atom is -0.504 e. The highest BCUT2D eigenvalue weighted by molar-refractivity contribution is 5.88. The van der Waals surface area contributed by atoms with Gasteiger partial charge in [-0.15, -0.1) is 0 Å². The van der Waals surface area contributed by atoms with Crippen molar-refractivity contribution in [3.05, 3.63) is 34.6 Å². The molecule has 0 atom stereocenters. The van der Waals surface area contributed by atoms with Crippen molar-refractivity contribution < 1.29 is 19.7 Å². The van der Waals surface area contributed by atoms with Gasteiger partial charge in [-0.2, -0.15) is 0 Å². The lowest BCUT2D eigenvalue weighted by Gasteiger charge is -2.13. The number of hydrogen-bond donors (Lipinski definition) is 2. The Kier molecular flexibility index (Phi) is 3.41. The lowest BCUT2D eigenvalue weighted by molar-refractivity contribution is 0.142. The monoisotopic (exact) mass is 263 g/mol. The lowest BCUT2D eigenvalue weighted by atomic mass is 10.2. The van der Waals surface area contributed by atoms with Gasteiger partial charge in [0.15, 0.2) is 5.75 Å². The number of fused-ring (bicyclic) bond motifs is 1. The van der Waals surface area contributed by atoms with Gasteiger partial charge in [0, 0.05) is 11.9 Å². The molecule has 1 heterocycles. The zero-order valence-electron chi connectivity index (χ0n) is 10.3. The summed E-state index contributed by atoms with van der Waals surface area (Å²) in [5.41, 5.74) is -0.106. The largest absolute Gasteiger partial charge is 0.511 e. The van der Waals surface area contributed by atoms with Gasteiger partial charge in [0.2, 0.25) is 5.75 Å². The summed E-state index contributed by atoms with van der Waals surface area (Å²) >= 11 is 0. The molecule has 2 N–H and O–H groups in total. The summed E-state index contributed by atoms with van der Waals surface area (Å²) in [4.78, 5) is 22.7. The molecule has 0 aliphatic rings. The summed E-state index contributed by atoms with van der Waals surface area (Å²) in [5, 5.41) is 19.0. The number of pyridine rings is 1. The molecule has 0 aliphatic carbocycles. The predicted molar refractivity (Wildman–Crippen MR) is 68.8 cm³/mol. The Morgan fingerprint density at radius 2 is 2.05 bits per heavy atom. The quantitative estimate of drug-likeness (QED) is 0.828. The minimum atomic E-state index is -1.63. The lowest BCUT2D eigenvalue weighted by Crippen LogP contribution is -2.24. The number of para-hydroxylation sites is 1. The highest BCUT2D eigenvalue weighted by atomic mass is 16.7. The van der Waals surface area contributed by atoms with E-state index in [9.17, 15) is 14.7 Å². The molecule has 1 aromatic heterocycles. The van der Waals surface area contributed by atoms with Crippen molar-refractivity contribution in [1.29, 1.82) is 0 Å². The van der Waals surface area contributed by atoms with Crippen LogP contribution in [0.4, 0.5) is 4.79 Å². The summed E-state index contributed by atoms with van der Waals surface area (Å²) in [7, 11) is 0. The number of rotatable bonds is 3. The normalized spacial score (nSPS) is 10.6. The second-order valence-corrected chi connectivity index (χ2v) is 4.02. The van der Waals surface area contributed by atoms with Crippen LogP contribution in [-0.2, 0) is 6.54 Å². The van der Waals surface area contributed by atoms with E-state index in [2.05, 4.69) is 4.74 Å². The molecule has 0 bridgehead atoms. The fourth-order valence-electron chi connectivity index (χ4n) is 1.99. The Morgan fingerprint density at radius 1 is 1.37 bits per heavy atom. The van der Waals surface area contributed by atoms with Crippen LogP contribution >= 0.6 is 0 Å². The van der Waals surface area contributed by atoms with Crippen LogP contribution in [0.2, 0.25) is 0 Å². The van der Waals surface area contributed by atoms with E-state index in [0.29, 0.717) is 23.9 Å². The van der Waals surface area contributed by atoms with E-state index in [-0.39, 0.29) is 0 Å². The topological polar surface area (TPSA) is 88.8 Å². The minimum absolute atomic E-state index is 0.381. The maximum atomic E-state index is 12.1. The Bertz CT molecular complexity index is 689. The van der Waals surface area contributed by atoms with E-state index in [4.69, 9.17) is 5.11 Å². The van der Waals surface area contributed by atoms with Crippen LogP contribution in [0.25, 0.3) is 10.9 Å². The number of aryl methyl sites for hydroxylation is 1. The molecule has 0 saturated heterocycles. The molecule has 0 unspecified atom stereocenters. The van der Waals surface area contributed by atoms with Gasteiger partial charge in [0.25, 0.3) is 5.56 Å². The number of aromatic nitrogens is 1. The Morgan fingerprint density at radius 3 is 2.68 bits per heavy atom. The summed E-state index contributed by atoms with van der Waals surface area (Å²) < 4.78 is 5.80. The smallest absolute Gasteiger partial charge is 0.504 e. The first-order chi connectivity index (χ1) is 9.06. The third kappa shape index (κ3) is 2.24. The van der Waals surface area contributed by atoms with E-state index >= 15 is 0 Å². The third-order valence-corrected chi connectivity index (χ3v) is 2.74. The molecule has 0 aliphatic heterocycles. The number of nitrogens with zero attached hydrogens (tertiary/aromatic N) is 1. The SMILES string of the molecule is CCCn1c(=O)c(OC(=O)O)c(O)c2ccccc21. The van der Waals surface area contributed by atoms with Crippen molar-refractivity contribution in [3.8, 4) is 11.5 Å². The maximum absolute atomic E-state index is 12.1. The number of carbonyl (C=O) groups is 1. The number of benzene rings is 1. The molecule has 100 valence electrons. The van der Waals surface area contributed by atoms with Gasteiger partial charge in [-0.1, -0.05) is 19.1 Å². The zero-order chi connectivity index (χ0) is 14.0. The second kappa shape index (κ2) is 5.01. The van der Waals surface area contributed by atoms with Crippen LogP contribution in [0.15, 0.2) is 29.1 Å². The van der Waals surface area contributed by atoms with E-state index in [1.54, 1.807) is 24.3 Å². The number of aromatic hydroxyl groups is 1. The maximum Gasteiger partial charge on any atom is 0.511 e. The van der Waals surface area contributed by atoms with Gasteiger partial charge in [-0.25, -0.2) is 4.79 Å². The molecule has 0 saturated carbocycles. The van der Waals surface area contributed by atoms with Gasteiger partial charge >= 0.3 is 6.16 Å². The first kappa shape index (κ1) is 12.9. The Labute approximate surface area is 108 Å². The van der Waals surface area contributed by atoms with Crippen molar-refractivity contribution in [3.63, 3.8) is 0 Å². The van der Waals surface area contributed by atoms with Crippen LogP contribution in [0.3, 0.4) is 0 Å². The van der Waals surface area contributed by atoms with Crippen molar-refractivity contribution in [2.75, 3.05) is 0 Å². The Balaban J connectivity index is 2.83. The first-order valence-corrected chi connectivity index (χ1v) is 5.81. The highest BCUT2D eigenvalue weighted by Crippen LogP contribution is 2.31. The average Bonchev–Trinajstić information content (AvgIpc) is 2.39. The van der Waals surface area contributed by atoms with Gasteiger partial charge in [-0.3, -0.25) is 4.79 Å². The van der Waals surface area contributed by atoms with E-state index in [0.717, 1.165) is 0 Å². The third-order valence-electron chi connectivity index (χ3n) is 2.74. The van der Waals surface area contributed by atoms with Crippen molar-refractivity contribution in [2.45, 2.75) is 19.9 Å². The van der Waals surface area contributed by atoms with Crippen LogP contribution in [-0.4, -0.2) is 20.9 Å². The average molecular weight is 263 g/mol. The molecular formula is C13H13NO5. The fraction of sp³-hybridized carbons (Fsp3) is 0.231. The van der Waals surface area contributed by atoms with Crippen LogP contribution in [0.5, 0.6) is 11.5 Å². The number of ether oxygens (including phenoxy) is 1. The Hall–Kier alpha value is -2.50. The molecule has 6 nitrogen and oxygen atoms in total. The fourth-order valence-corrected chi connectivity index (χ4v) is 1.99. The van der Waals surface area contributed by atoms with Gasteiger partial charge in [-0.05, 0) is 18.6 Å². The van der Waals surface area contributed by atoms with Gasteiger partial charge in [0.1, 0.15) is 0 Å². The van der Waals surface area contributed by atoms with Gasteiger partial charge < -0.3 is 19.5 Å². The highest BCUT2D eigenvalue weighted by Gasteiger charge is 2.19. The molecule has 0 spiro atoms. The van der Waals surface area contributed by atoms with E-state index < -0.39 is 23.2 Å². The summed E-state index contributed by atoms with van der Waals surface area (Å²) in [6.07, 6.45) is -0.938. The van der Waals surface area contributed by atoms with E-state index in [1.807, 2.05) is 6.92 Å². The summed E-state index contributed by atoms with van der Waals surface area (Å²) in [6.45, 7) is 2.31. The first-order valence-electron chi connectivity index (χ1n) is 5.81. The molecule has 1 aromatic carbocycles. The molecule has 0 fully saturated rings. The zero-order valence-corrected chi connectivity index (χ0v) is 10.3. The van der Waals surface area contributed by atoms with E-state index in [1.165, 1.54) is 4.57 Å². The summed E-state index contributed by atoms with van der Waals surface area (Å²) in [6, 6.07) is 6.72. The van der Waals surface area contributed by atoms with Crippen molar-refractivity contribution >= 4 is 17.1 Å². The molecular weight excluding hydrogens is 250 g/mol. The molecule has 6 heteroatoms. The molecule has 0 radical (unpaired) electrons. The van der Waals surface area contributed by atoms with Crippen LogP contribution in [0, 0.1) is 0 Å². The molecule has 2 rings (SSSR count). The summed E-state index contributed by atoms with van der Waals surface area (Å²) in [5.74, 6) is -1.00. The van der Waals surface area contributed by atoms with Crippen LogP contribution in [0.1, 0.15) is 13.3 Å². The van der Waals surface area contributed by atoms with Gasteiger partial charge in [0.05, 0.1) is 5.52 Å². The van der Waals surface area contributed by atoms with Crippen molar-refractivity contribution in [2.24, 2.45) is 0 Å². The molecule has 0 amide bonds.